The summed E-state index contributed by atoms with van der Waals surface area (Å²) >= 11 is 0. The largest absolute Gasteiger partial charge is 0.480 e. The number of carboxylic acids is 1. The molecule has 0 amide bonds. The summed E-state index contributed by atoms with van der Waals surface area (Å²) in [5.74, 6) is -2.63. The van der Waals surface area contributed by atoms with Gasteiger partial charge < -0.3 is 30.3 Å². The molecular weight excluding hydrogens is 797 g/mol. The predicted molar refractivity (Wildman–Crippen MR) is 245 cm³/mol. The molecule has 61 heavy (non-hydrogen) atoms. The Bertz CT molecular complexity index is 1510. The van der Waals surface area contributed by atoms with E-state index in [1.165, 1.54) is 19.3 Å². The number of esters is 2. The molecule has 1 unspecified atom stereocenters. The van der Waals surface area contributed by atoms with Crippen LogP contribution in [0.15, 0.2) is 122 Å². The van der Waals surface area contributed by atoms with Crippen LogP contribution in [0.5, 0.6) is 0 Å². The lowest BCUT2D eigenvalue weighted by Crippen LogP contribution is -2.34. The van der Waals surface area contributed by atoms with Crippen LogP contribution < -0.4 is 5.73 Å². The molecule has 4 atom stereocenters. The van der Waals surface area contributed by atoms with E-state index in [-0.39, 0.29) is 12.8 Å². The monoisotopic (exact) mass is 871 g/mol. The van der Waals surface area contributed by atoms with Crippen LogP contribution in [0, 0.1) is 0 Å². The fourth-order valence-electron chi connectivity index (χ4n) is 4.87. The third-order valence-corrected chi connectivity index (χ3v) is 9.24. The number of carboxylic acid groups (broad SMARTS) is 1. The van der Waals surface area contributed by atoms with E-state index in [9.17, 15) is 28.9 Å². The van der Waals surface area contributed by atoms with E-state index in [2.05, 4.69) is 79.1 Å². The summed E-state index contributed by atoms with van der Waals surface area (Å²) in [6.45, 7) is 2.41. The van der Waals surface area contributed by atoms with Gasteiger partial charge in [0, 0.05) is 12.8 Å². The second kappa shape index (κ2) is 41.2. The van der Waals surface area contributed by atoms with E-state index in [1.54, 1.807) is 6.08 Å². The molecule has 0 aromatic heterocycles. The number of phosphoric ester groups is 1. The molecule has 342 valence electrons. The number of aliphatic hydroxyl groups excluding tert-OH is 1. The van der Waals surface area contributed by atoms with Gasteiger partial charge in [-0.05, 0) is 83.5 Å². The van der Waals surface area contributed by atoms with Gasteiger partial charge in [-0.25, -0.2) is 4.57 Å². The highest BCUT2D eigenvalue weighted by Gasteiger charge is 2.28. The van der Waals surface area contributed by atoms with Crippen LogP contribution in [-0.4, -0.2) is 71.1 Å². The molecule has 0 saturated carbocycles. The maximum atomic E-state index is 12.6. The van der Waals surface area contributed by atoms with Gasteiger partial charge >= 0.3 is 25.7 Å². The van der Waals surface area contributed by atoms with Gasteiger partial charge in [-0.1, -0.05) is 148 Å². The Hall–Kier alpha value is -4.16. The van der Waals surface area contributed by atoms with E-state index < -0.39 is 63.8 Å². The third kappa shape index (κ3) is 41.0. The molecule has 0 aliphatic heterocycles. The van der Waals surface area contributed by atoms with Crippen molar-refractivity contribution in [2.75, 3.05) is 19.8 Å². The highest BCUT2D eigenvalue weighted by atomic mass is 31.2. The average Bonchev–Trinajstić information content (AvgIpc) is 3.23. The van der Waals surface area contributed by atoms with Crippen molar-refractivity contribution in [3.05, 3.63) is 122 Å². The van der Waals surface area contributed by atoms with Crippen LogP contribution in [0.25, 0.3) is 0 Å². The van der Waals surface area contributed by atoms with Crippen molar-refractivity contribution in [2.24, 2.45) is 5.73 Å². The van der Waals surface area contributed by atoms with Crippen molar-refractivity contribution >= 4 is 25.7 Å². The Balaban J connectivity index is 4.67. The molecule has 5 N–H and O–H groups in total. The van der Waals surface area contributed by atoms with Gasteiger partial charge in [0.1, 0.15) is 12.6 Å². The molecule has 0 radical (unpaired) electrons. The van der Waals surface area contributed by atoms with Crippen LogP contribution in [0.4, 0.5) is 0 Å². The number of ether oxygens (including phenoxy) is 2. The SMILES string of the molecule is CC/C=C\C/C=C\C/C=C\C/C=C\C/C=C\C/C=C\CCC(=O)OC[C@H](COP(=O)(O)OC[C@H](N)C(=O)O)OC(=O)CCC/C=C/C/C=C\C[C@@H](O)/C=C\C=C/CCCCC. The van der Waals surface area contributed by atoms with Crippen molar-refractivity contribution in [1.29, 1.82) is 0 Å². The molecule has 0 saturated heterocycles. The summed E-state index contributed by atoms with van der Waals surface area (Å²) in [7, 11) is -4.77. The molecule has 0 aromatic carbocycles. The maximum Gasteiger partial charge on any atom is 0.472 e. The van der Waals surface area contributed by atoms with E-state index in [0.717, 1.165) is 38.5 Å². The van der Waals surface area contributed by atoms with Crippen LogP contribution in [0.2, 0.25) is 0 Å². The van der Waals surface area contributed by atoms with Gasteiger partial charge in [0.25, 0.3) is 0 Å². The van der Waals surface area contributed by atoms with Gasteiger partial charge in [0.05, 0.1) is 19.3 Å². The Kier molecular flexibility index (Phi) is 38.4. The number of hydrogen-bond acceptors (Lipinski definition) is 10. The number of carbonyl (C=O) groups is 3. The summed E-state index contributed by atoms with van der Waals surface area (Å²) in [5, 5.41) is 19.0. The standard InChI is InChI=1S/C48H74NO11P/c1-3-5-7-9-11-12-13-14-15-16-17-18-19-20-21-22-26-30-34-38-46(51)57-40-44(41-58-61(55,56)59-42-45(49)48(53)54)60-47(52)39-35-31-27-23-25-29-33-37-43(50)36-32-28-24-10-8-6-4-2/h5,7,11-12,14-15,17-18,20-21,23-24,26-30,32-33,36,43-45,50H,3-4,6,8-10,13,16,19,22,25,31,34-35,37-42,49H2,1-2H3,(H,53,54)(H,55,56)/b7-5-,12-11-,15-14-,18-17-,21-20-,27-23+,28-24-,30-26-,33-29-,36-32-/t43-,44+,45-/m0/s1. The summed E-state index contributed by atoms with van der Waals surface area (Å²) in [4.78, 5) is 45.9. The fraction of sp³-hybridized carbons (Fsp3) is 0.521. The molecule has 0 rings (SSSR count). The van der Waals surface area contributed by atoms with E-state index in [0.29, 0.717) is 38.5 Å². The second-order valence-corrected chi connectivity index (χ2v) is 15.4. The van der Waals surface area contributed by atoms with Crippen LogP contribution in [-0.2, 0) is 37.5 Å². The molecule has 12 nitrogen and oxygen atoms in total. The van der Waals surface area contributed by atoms with Crippen molar-refractivity contribution in [2.45, 2.75) is 141 Å². The summed E-state index contributed by atoms with van der Waals surface area (Å²) in [6, 6.07) is -1.56. The van der Waals surface area contributed by atoms with Gasteiger partial charge in [-0.2, -0.15) is 0 Å². The average molecular weight is 872 g/mol. The first-order chi connectivity index (χ1) is 29.5. The van der Waals surface area contributed by atoms with Crippen molar-refractivity contribution in [3.8, 4) is 0 Å². The predicted octanol–water partition coefficient (Wildman–Crippen LogP) is 10.6. The number of rotatable bonds is 38. The Morgan fingerprint density at radius 2 is 1.13 bits per heavy atom. The number of hydrogen-bond donors (Lipinski definition) is 4. The van der Waals surface area contributed by atoms with E-state index in [1.807, 2.05) is 54.7 Å². The zero-order valence-corrected chi connectivity index (χ0v) is 37.4. The minimum atomic E-state index is -4.77. The highest BCUT2D eigenvalue weighted by Crippen LogP contribution is 2.43. The third-order valence-electron chi connectivity index (χ3n) is 8.29. The smallest absolute Gasteiger partial charge is 0.472 e. The molecular formula is C48H74NO11P. The van der Waals surface area contributed by atoms with Crippen LogP contribution >= 0.6 is 7.82 Å². The quantitative estimate of drug-likeness (QED) is 0.0151. The van der Waals surface area contributed by atoms with Gasteiger partial charge in [-0.15, -0.1) is 0 Å². The second-order valence-electron chi connectivity index (χ2n) is 13.9. The number of aliphatic carboxylic acids is 1. The minimum absolute atomic E-state index is 0.0274. The molecule has 0 heterocycles. The number of nitrogens with two attached hydrogens (primary N) is 1. The van der Waals surface area contributed by atoms with Gasteiger partial charge in [-0.3, -0.25) is 23.4 Å². The molecule has 0 aliphatic rings. The molecule has 0 bridgehead atoms. The van der Waals surface area contributed by atoms with Crippen LogP contribution in [0.1, 0.15) is 123 Å². The topological polar surface area (TPSA) is 192 Å². The summed E-state index contributed by atoms with van der Waals surface area (Å²) < 4.78 is 32.5. The number of unbranched alkanes of at least 4 members (excludes halogenated alkanes) is 4. The van der Waals surface area contributed by atoms with Crippen molar-refractivity contribution in [3.63, 3.8) is 0 Å². The summed E-state index contributed by atoms with van der Waals surface area (Å²) in [6.07, 6.45) is 51.7. The summed E-state index contributed by atoms with van der Waals surface area (Å²) in [5.41, 5.74) is 5.32. The lowest BCUT2D eigenvalue weighted by molar-refractivity contribution is -0.161. The van der Waals surface area contributed by atoms with Crippen molar-refractivity contribution in [1.82, 2.24) is 0 Å². The zero-order chi connectivity index (χ0) is 45.1. The normalized spacial score (nSPS) is 15.4. The first kappa shape index (κ1) is 56.8. The van der Waals surface area contributed by atoms with Crippen molar-refractivity contribution < 1.29 is 52.6 Å². The minimum Gasteiger partial charge on any atom is -0.480 e. The zero-order valence-electron chi connectivity index (χ0n) is 36.6. The number of allylic oxidation sites excluding steroid dienone is 18. The lowest BCUT2D eigenvalue weighted by atomic mass is 10.2. The van der Waals surface area contributed by atoms with E-state index >= 15 is 0 Å². The molecule has 13 heteroatoms. The Labute approximate surface area is 365 Å². The van der Waals surface area contributed by atoms with Gasteiger partial charge in [0.15, 0.2) is 6.10 Å². The molecule has 0 aliphatic carbocycles. The molecule has 0 aromatic rings. The fourth-order valence-corrected chi connectivity index (χ4v) is 5.65. The maximum absolute atomic E-state index is 12.6. The molecule has 0 spiro atoms. The van der Waals surface area contributed by atoms with E-state index in [4.69, 9.17) is 24.8 Å². The number of aliphatic hydroxyl groups is 1. The number of carbonyl (C=O) groups excluding carboxylic acids is 2. The first-order valence-electron chi connectivity index (χ1n) is 21.7. The van der Waals surface area contributed by atoms with Crippen LogP contribution in [0.3, 0.4) is 0 Å². The Morgan fingerprint density at radius 1 is 0.607 bits per heavy atom. The Morgan fingerprint density at radius 3 is 1.70 bits per heavy atom. The highest BCUT2D eigenvalue weighted by molar-refractivity contribution is 7.47. The molecule has 0 fully saturated rings. The lowest BCUT2D eigenvalue weighted by Gasteiger charge is -2.20. The number of phosphoric acid groups is 1. The first-order valence-corrected chi connectivity index (χ1v) is 23.2. The van der Waals surface area contributed by atoms with Gasteiger partial charge in [0.2, 0.25) is 0 Å².